The molecule has 1 unspecified atom stereocenters. The lowest BCUT2D eigenvalue weighted by Gasteiger charge is -2.53. The number of hydrogen-bond acceptors (Lipinski definition) is 6. The van der Waals surface area contributed by atoms with Gasteiger partial charge < -0.3 is 19.3 Å². The summed E-state index contributed by atoms with van der Waals surface area (Å²) in [7, 11) is 0. The van der Waals surface area contributed by atoms with Gasteiger partial charge in [-0.1, -0.05) is 51.1 Å². The van der Waals surface area contributed by atoms with Crippen LogP contribution in [-0.2, 0) is 19.0 Å². The predicted octanol–water partition coefficient (Wildman–Crippen LogP) is 4.52. The van der Waals surface area contributed by atoms with Gasteiger partial charge in [0, 0.05) is 12.3 Å². The Balaban J connectivity index is 1.52. The van der Waals surface area contributed by atoms with E-state index in [4.69, 9.17) is 14.2 Å². The smallest absolute Gasteiger partial charge is 0.338 e. The average Bonchev–Trinajstić information content (AvgIpc) is 3.34. The molecule has 34 heavy (non-hydrogen) atoms. The molecular weight excluding hydrogens is 432 g/mol. The van der Waals surface area contributed by atoms with Crippen LogP contribution in [0.1, 0.15) is 57.3 Å². The van der Waals surface area contributed by atoms with Gasteiger partial charge in [0.2, 0.25) is 0 Å². The van der Waals surface area contributed by atoms with Crippen LogP contribution in [0.2, 0.25) is 0 Å². The Kier molecular flexibility index (Phi) is 5.72. The van der Waals surface area contributed by atoms with Crippen molar-refractivity contribution in [2.45, 2.75) is 70.4 Å². The molecule has 3 fully saturated rings. The highest BCUT2D eigenvalue weighted by Crippen LogP contribution is 2.63. The fourth-order valence-electron chi connectivity index (χ4n) is 6.94. The Labute approximate surface area is 200 Å². The molecule has 1 saturated carbocycles. The van der Waals surface area contributed by atoms with E-state index >= 15 is 0 Å². The first-order valence-electron chi connectivity index (χ1n) is 12.4. The highest BCUT2D eigenvalue weighted by atomic mass is 16.6. The van der Waals surface area contributed by atoms with Gasteiger partial charge in [-0.2, -0.15) is 0 Å². The van der Waals surface area contributed by atoms with Crippen molar-refractivity contribution in [2.24, 2.45) is 23.7 Å². The van der Waals surface area contributed by atoms with Crippen molar-refractivity contribution in [3.8, 4) is 0 Å². The maximum Gasteiger partial charge on any atom is 0.338 e. The van der Waals surface area contributed by atoms with Crippen LogP contribution >= 0.6 is 0 Å². The molecular formula is C28H34O6. The first-order valence-corrected chi connectivity index (χ1v) is 12.4. The molecule has 2 aromatic rings. The molecule has 7 atom stereocenters. The molecule has 0 amide bonds. The Hall–Kier alpha value is -2.44. The van der Waals surface area contributed by atoms with Crippen LogP contribution in [0.15, 0.2) is 42.5 Å². The van der Waals surface area contributed by atoms with E-state index < -0.39 is 36.0 Å². The maximum absolute atomic E-state index is 13.5. The third kappa shape index (κ3) is 3.45. The SMILES string of the molecule is CC(C)C12C[C@@H](OC(=O)CO)[C@@](C)(O1)[C@@H]1CC[C@@H](C)[C@H]1[C@@H]2OC(=O)c1ccc2ccccc2c1. The number of hydrogen-bond donors (Lipinski definition) is 1. The van der Waals surface area contributed by atoms with Gasteiger partial charge in [0.1, 0.15) is 30.0 Å². The molecule has 182 valence electrons. The summed E-state index contributed by atoms with van der Waals surface area (Å²) < 4.78 is 18.9. The molecule has 1 aliphatic carbocycles. The number of rotatable bonds is 5. The van der Waals surface area contributed by atoms with Gasteiger partial charge in [0.25, 0.3) is 0 Å². The molecule has 0 radical (unpaired) electrons. The molecule has 6 heteroatoms. The summed E-state index contributed by atoms with van der Waals surface area (Å²) >= 11 is 0. The van der Waals surface area contributed by atoms with E-state index in [0.717, 1.165) is 23.6 Å². The second-order valence-corrected chi connectivity index (χ2v) is 10.9. The summed E-state index contributed by atoms with van der Waals surface area (Å²) in [6.07, 6.45) is 1.44. The van der Waals surface area contributed by atoms with Crippen LogP contribution in [0.5, 0.6) is 0 Å². The fraction of sp³-hybridized carbons (Fsp3) is 0.571. The van der Waals surface area contributed by atoms with Gasteiger partial charge in [-0.25, -0.2) is 9.59 Å². The zero-order valence-corrected chi connectivity index (χ0v) is 20.3. The summed E-state index contributed by atoms with van der Waals surface area (Å²) in [6.45, 7) is 7.75. The summed E-state index contributed by atoms with van der Waals surface area (Å²) in [5, 5.41) is 11.4. The minimum Gasteiger partial charge on any atom is -0.457 e. The molecule has 5 rings (SSSR count). The molecule has 2 heterocycles. The molecule has 6 nitrogen and oxygen atoms in total. The van der Waals surface area contributed by atoms with Crippen molar-refractivity contribution in [1.82, 2.24) is 0 Å². The van der Waals surface area contributed by atoms with E-state index in [9.17, 15) is 14.7 Å². The first kappa shape index (κ1) is 23.3. The number of fused-ring (bicyclic) bond motifs is 5. The first-order chi connectivity index (χ1) is 16.2. The van der Waals surface area contributed by atoms with E-state index in [1.54, 1.807) is 0 Å². The number of carbonyl (C=O) groups is 2. The summed E-state index contributed by atoms with van der Waals surface area (Å²) in [4.78, 5) is 25.5. The second-order valence-electron chi connectivity index (χ2n) is 10.9. The minimum atomic E-state index is -0.762. The normalized spacial score (nSPS) is 36.5. The van der Waals surface area contributed by atoms with Gasteiger partial charge in [-0.05, 0) is 60.4 Å². The van der Waals surface area contributed by atoms with Crippen LogP contribution in [0.3, 0.4) is 0 Å². The van der Waals surface area contributed by atoms with E-state index in [2.05, 4.69) is 20.8 Å². The van der Waals surface area contributed by atoms with Gasteiger partial charge in [-0.3, -0.25) is 0 Å². The van der Waals surface area contributed by atoms with Crippen molar-refractivity contribution in [3.63, 3.8) is 0 Å². The molecule has 1 N–H and O–H groups in total. The van der Waals surface area contributed by atoms with Gasteiger partial charge in [0.15, 0.2) is 0 Å². The van der Waals surface area contributed by atoms with Gasteiger partial charge in [0.05, 0.1) is 5.56 Å². The Morgan fingerprint density at radius 2 is 1.85 bits per heavy atom. The Morgan fingerprint density at radius 1 is 1.12 bits per heavy atom. The third-order valence-corrected chi connectivity index (χ3v) is 8.78. The average molecular weight is 467 g/mol. The van der Waals surface area contributed by atoms with E-state index in [1.807, 2.05) is 49.4 Å². The lowest BCUT2D eigenvalue weighted by molar-refractivity contribution is -0.259. The van der Waals surface area contributed by atoms with Crippen LogP contribution < -0.4 is 0 Å². The molecule has 2 aliphatic heterocycles. The van der Waals surface area contributed by atoms with Gasteiger partial charge in [-0.15, -0.1) is 0 Å². The summed E-state index contributed by atoms with van der Waals surface area (Å²) in [5.74, 6) is -0.391. The summed E-state index contributed by atoms with van der Waals surface area (Å²) in [5.41, 5.74) is -0.910. The quantitative estimate of drug-likeness (QED) is 0.653. The molecule has 2 aromatic carbocycles. The van der Waals surface area contributed by atoms with Crippen LogP contribution in [0.4, 0.5) is 0 Å². The zero-order chi connectivity index (χ0) is 24.3. The topological polar surface area (TPSA) is 82.1 Å². The molecule has 3 aliphatic rings. The minimum absolute atomic E-state index is 0.0350. The Bertz CT molecular complexity index is 1110. The van der Waals surface area contributed by atoms with E-state index in [-0.39, 0.29) is 23.7 Å². The lowest BCUT2D eigenvalue weighted by Crippen LogP contribution is -2.62. The lowest BCUT2D eigenvalue weighted by atomic mass is 9.69. The maximum atomic E-state index is 13.5. The fourth-order valence-corrected chi connectivity index (χ4v) is 6.94. The summed E-state index contributed by atoms with van der Waals surface area (Å²) in [6, 6.07) is 13.6. The monoisotopic (exact) mass is 466 g/mol. The number of benzene rings is 2. The number of esters is 2. The largest absolute Gasteiger partial charge is 0.457 e. The van der Waals surface area contributed by atoms with E-state index in [1.165, 1.54) is 0 Å². The predicted molar refractivity (Wildman–Crippen MR) is 127 cm³/mol. The zero-order valence-electron chi connectivity index (χ0n) is 20.3. The van der Waals surface area contributed by atoms with Gasteiger partial charge >= 0.3 is 11.9 Å². The van der Waals surface area contributed by atoms with Crippen molar-refractivity contribution < 1.29 is 28.9 Å². The highest BCUT2D eigenvalue weighted by Gasteiger charge is 2.72. The van der Waals surface area contributed by atoms with Crippen LogP contribution in [0.25, 0.3) is 10.8 Å². The van der Waals surface area contributed by atoms with Crippen LogP contribution in [-0.4, -0.2) is 47.1 Å². The number of ether oxygens (including phenoxy) is 3. The molecule has 0 spiro atoms. The molecule has 0 aromatic heterocycles. The van der Waals surface area contributed by atoms with Crippen molar-refractivity contribution >= 4 is 22.7 Å². The molecule has 2 bridgehead atoms. The number of aliphatic hydroxyl groups is 1. The number of carbonyl (C=O) groups excluding carboxylic acids is 2. The highest BCUT2D eigenvalue weighted by molar-refractivity contribution is 5.95. The standard InChI is InChI=1S/C28H34O6/c1-16(2)28-14-22(32-23(30)15-29)27(4,34-28)21-12-9-17(3)24(21)25(28)33-26(31)20-11-10-18-7-5-6-8-19(18)13-20/h5-8,10-11,13,16-17,21-22,24-25,29H,9,12,14-15H2,1-4H3/t17-,21-,22-,24-,25+,27+,28?/m1/s1. The molecule has 2 saturated heterocycles. The van der Waals surface area contributed by atoms with Crippen molar-refractivity contribution in [1.29, 1.82) is 0 Å². The number of aliphatic hydroxyl groups excluding tert-OH is 1. The van der Waals surface area contributed by atoms with Crippen molar-refractivity contribution in [2.75, 3.05) is 6.61 Å². The van der Waals surface area contributed by atoms with Crippen LogP contribution in [0, 0.1) is 23.7 Å². The van der Waals surface area contributed by atoms with E-state index in [0.29, 0.717) is 17.9 Å². The third-order valence-electron chi connectivity index (χ3n) is 8.78. The second kappa shape index (κ2) is 8.35. The van der Waals surface area contributed by atoms with Crippen molar-refractivity contribution in [3.05, 3.63) is 48.0 Å². The Morgan fingerprint density at radius 3 is 2.56 bits per heavy atom.